The Morgan fingerprint density at radius 3 is 2.70 bits per heavy atom. The number of ether oxygens (including phenoxy) is 1. The summed E-state index contributed by atoms with van der Waals surface area (Å²) >= 11 is 0. The average Bonchev–Trinajstić information content (AvgIpc) is 3.34. The normalized spacial score (nSPS) is 29.7. The third kappa shape index (κ3) is 3.26. The molecule has 2 fully saturated rings. The summed E-state index contributed by atoms with van der Waals surface area (Å²) < 4.78 is 5.51. The van der Waals surface area contributed by atoms with Crippen molar-refractivity contribution in [2.45, 2.75) is 50.6 Å². The first-order valence-electron chi connectivity index (χ1n) is 10.3. The Balaban J connectivity index is 1.33. The summed E-state index contributed by atoms with van der Waals surface area (Å²) in [5.74, 6) is 0.633. The predicted octanol–water partition coefficient (Wildman–Crippen LogP) is 2.76. The molecule has 1 aliphatic carbocycles. The van der Waals surface area contributed by atoms with Crippen LogP contribution in [0.25, 0.3) is 16.6 Å². The van der Waals surface area contributed by atoms with Crippen LogP contribution >= 0.6 is 0 Å². The summed E-state index contributed by atoms with van der Waals surface area (Å²) in [5, 5.41) is 1.24. The third-order valence-corrected chi connectivity index (χ3v) is 6.59. The minimum absolute atomic E-state index is 0.302. The van der Waals surface area contributed by atoms with Crippen LogP contribution in [-0.4, -0.2) is 53.3 Å². The van der Waals surface area contributed by atoms with Gasteiger partial charge in [-0.05, 0) is 55.7 Å². The monoisotopic (exact) mass is 367 g/mol. The second kappa shape index (κ2) is 7.26. The highest BCUT2D eigenvalue weighted by molar-refractivity contribution is 5.92. The largest absolute Gasteiger partial charge is 0.379 e. The van der Waals surface area contributed by atoms with Gasteiger partial charge in [0.2, 0.25) is 0 Å². The molecule has 5 rings (SSSR count). The molecule has 4 heterocycles. The first kappa shape index (κ1) is 17.2. The zero-order valence-electron chi connectivity index (χ0n) is 16.0. The van der Waals surface area contributed by atoms with Crippen LogP contribution in [0.4, 0.5) is 0 Å². The van der Waals surface area contributed by atoms with E-state index >= 15 is 0 Å². The molecule has 1 atom stereocenters. The molecule has 2 aliphatic heterocycles. The number of morpholine rings is 1. The van der Waals surface area contributed by atoms with Gasteiger partial charge in [0.05, 0.1) is 19.3 Å². The molecule has 1 saturated heterocycles. The van der Waals surface area contributed by atoms with Gasteiger partial charge in [0.25, 0.3) is 0 Å². The van der Waals surface area contributed by atoms with E-state index in [1.54, 1.807) is 0 Å². The Morgan fingerprint density at radius 2 is 1.96 bits per heavy atom. The second-order valence-corrected chi connectivity index (χ2v) is 8.13. The van der Waals surface area contributed by atoms with Crippen molar-refractivity contribution in [3.8, 4) is 0 Å². The Morgan fingerprint density at radius 1 is 1.15 bits per heavy atom. The number of fused-ring (bicyclic) bond motifs is 1. The molecule has 2 aromatic heterocycles. The number of aromatic amines is 1. The van der Waals surface area contributed by atoms with Crippen molar-refractivity contribution in [1.82, 2.24) is 25.7 Å². The van der Waals surface area contributed by atoms with Crippen molar-refractivity contribution in [3.63, 3.8) is 0 Å². The van der Waals surface area contributed by atoms with Gasteiger partial charge in [-0.2, -0.15) is 0 Å². The maximum atomic E-state index is 5.51. The molecular formula is C21H29N5O. The minimum atomic E-state index is 0.302. The zero-order chi connectivity index (χ0) is 18.2. The summed E-state index contributed by atoms with van der Waals surface area (Å²) in [6, 6.07) is 3.42. The molecule has 6 heteroatoms. The van der Waals surface area contributed by atoms with E-state index in [1.165, 1.54) is 47.8 Å². The minimum Gasteiger partial charge on any atom is -0.379 e. The zero-order valence-corrected chi connectivity index (χ0v) is 16.0. The van der Waals surface area contributed by atoms with E-state index in [-0.39, 0.29) is 0 Å². The first-order chi connectivity index (χ1) is 13.3. The Kier molecular flexibility index (Phi) is 4.63. The van der Waals surface area contributed by atoms with Crippen LogP contribution in [0, 0.1) is 0 Å². The predicted molar refractivity (Wildman–Crippen MR) is 107 cm³/mol. The smallest absolute Gasteiger partial charge is 0.137 e. The van der Waals surface area contributed by atoms with Gasteiger partial charge in [-0.15, -0.1) is 0 Å². The lowest BCUT2D eigenvalue weighted by Gasteiger charge is -2.38. The first-order valence-corrected chi connectivity index (χ1v) is 10.3. The fourth-order valence-corrected chi connectivity index (χ4v) is 4.96. The highest BCUT2D eigenvalue weighted by Crippen LogP contribution is 2.37. The second-order valence-electron chi connectivity index (χ2n) is 8.13. The maximum Gasteiger partial charge on any atom is 0.137 e. The number of hydrogen-bond acceptors (Lipinski definition) is 5. The van der Waals surface area contributed by atoms with E-state index in [1.807, 2.05) is 0 Å². The molecule has 0 aromatic carbocycles. The van der Waals surface area contributed by atoms with Gasteiger partial charge >= 0.3 is 0 Å². The molecule has 3 aliphatic rings. The number of aromatic nitrogens is 2. The van der Waals surface area contributed by atoms with Crippen LogP contribution in [0.3, 0.4) is 0 Å². The molecule has 1 saturated carbocycles. The van der Waals surface area contributed by atoms with E-state index in [0.29, 0.717) is 12.0 Å². The molecular weight excluding hydrogens is 338 g/mol. The van der Waals surface area contributed by atoms with E-state index in [4.69, 9.17) is 9.72 Å². The van der Waals surface area contributed by atoms with E-state index in [9.17, 15) is 0 Å². The number of nitrogens with zero attached hydrogens (tertiary/aromatic N) is 2. The van der Waals surface area contributed by atoms with Gasteiger partial charge in [0.1, 0.15) is 5.65 Å². The third-order valence-electron chi connectivity index (χ3n) is 6.59. The van der Waals surface area contributed by atoms with Crippen LogP contribution in [0.5, 0.6) is 0 Å². The Bertz CT molecular complexity index is 830. The van der Waals surface area contributed by atoms with Gasteiger partial charge in [0, 0.05) is 48.7 Å². The SMILES string of the molecule is CC1NNC=C1c1c[nH]c2ncc(C3CCC(N4CCOCC4)CC3)cc12. The van der Waals surface area contributed by atoms with Crippen LogP contribution < -0.4 is 10.9 Å². The van der Waals surface area contributed by atoms with Crippen LogP contribution in [0.15, 0.2) is 24.7 Å². The molecule has 0 spiro atoms. The number of hydrogen-bond donors (Lipinski definition) is 3. The standard InChI is InChI=1S/C21H29N5O/c1-14-19(13-24-25-14)20-12-23-21-18(20)10-16(11-22-21)15-2-4-17(5-3-15)26-6-8-27-9-7-26/h10-15,17,24-25H,2-9H2,1H3,(H,22,23). The molecule has 3 N–H and O–H groups in total. The quantitative estimate of drug-likeness (QED) is 0.779. The molecule has 0 bridgehead atoms. The Labute approximate surface area is 160 Å². The summed E-state index contributed by atoms with van der Waals surface area (Å²) in [5.41, 5.74) is 11.3. The van der Waals surface area contributed by atoms with Crippen molar-refractivity contribution in [2.24, 2.45) is 0 Å². The van der Waals surface area contributed by atoms with Crippen molar-refractivity contribution < 1.29 is 4.74 Å². The number of hydrazine groups is 1. The highest BCUT2D eigenvalue weighted by atomic mass is 16.5. The topological polar surface area (TPSA) is 65.2 Å². The molecule has 27 heavy (non-hydrogen) atoms. The van der Waals surface area contributed by atoms with E-state index in [0.717, 1.165) is 38.0 Å². The maximum absolute atomic E-state index is 5.51. The van der Waals surface area contributed by atoms with Crippen molar-refractivity contribution >= 4 is 16.6 Å². The fraction of sp³-hybridized carbons (Fsp3) is 0.571. The van der Waals surface area contributed by atoms with Crippen LogP contribution in [-0.2, 0) is 4.74 Å². The van der Waals surface area contributed by atoms with Crippen molar-refractivity contribution in [3.05, 3.63) is 35.8 Å². The van der Waals surface area contributed by atoms with Gasteiger partial charge in [0.15, 0.2) is 0 Å². The van der Waals surface area contributed by atoms with Gasteiger partial charge in [-0.1, -0.05) is 0 Å². The summed E-state index contributed by atoms with van der Waals surface area (Å²) in [6.45, 7) is 6.17. The van der Waals surface area contributed by atoms with Gasteiger partial charge < -0.3 is 15.1 Å². The summed E-state index contributed by atoms with van der Waals surface area (Å²) in [6.07, 6.45) is 11.3. The number of pyridine rings is 1. The number of H-pyrrole nitrogens is 1. The van der Waals surface area contributed by atoms with Crippen LogP contribution in [0.2, 0.25) is 0 Å². The molecule has 2 aromatic rings. The lowest BCUT2D eigenvalue weighted by molar-refractivity contribution is 0.00729. The number of rotatable bonds is 3. The average molecular weight is 367 g/mol. The number of nitrogens with one attached hydrogen (secondary N) is 3. The molecule has 6 nitrogen and oxygen atoms in total. The van der Waals surface area contributed by atoms with E-state index in [2.05, 4.69) is 52.3 Å². The van der Waals surface area contributed by atoms with E-state index < -0.39 is 0 Å². The van der Waals surface area contributed by atoms with Gasteiger partial charge in [-0.25, -0.2) is 10.4 Å². The lowest BCUT2D eigenvalue weighted by atomic mass is 9.81. The summed E-state index contributed by atoms with van der Waals surface area (Å²) in [4.78, 5) is 10.7. The molecule has 0 amide bonds. The fourth-order valence-electron chi connectivity index (χ4n) is 4.96. The Hall–Kier alpha value is -1.89. The summed E-state index contributed by atoms with van der Waals surface area (Å²) in [7, 11) is 0. The highest BCUT2D eigenvalue weighted by Gasteiger charge is 2.28. The lowest BCUT2D eigenvalue weighted by Crippen LogP contribution is -2.44. The van der Waals surface area contributed by atoms with Crippen LogP contribution in [0.1, 0.15) is 49.7 Å². The molecule has 1 unspecified atom stereocenters. The van der Waals surface area contributed by atoms with Crippen molar-refractivity contribution in [1.29, 1.82) is 0 Å². The van der Waals surface area contributed by atoms with Gasteiger partial charge in [-0.3, -0.25) is 4.90 Å². The van der Waals surface area contributed by atoms with Crippen molar-refractivity contribution in [2.75, 3.05) is 26.3 Å². The molecule has 144 valence electrons. The molecule has 0 radical (unpaired) electrons.